The fraction of sp³-hybridized carbons (Fsp3) is 0.500. The van der Waals surface area contributed by atoms with Crippen LogP contribution in [0.25, 0.3) is 0 Å². The Morgan fingerprint density at radius 3 is 2.65 bits per heavy atom. The van der Waals surface area contributed by atoms with Gasteiger partial charge in [0.15, 0.2) is 24.6 Å². The van der Waals surface area contributed by atoms with Crippen LogP contribution in [0.4, 0.5) is 4.79 Å². The summed E-state index contributed by atoms with van der Waals surface area (Å²) < 4.78 is 26.8. The quantitative estimate of drug-likeness (QED) is 0.609. The topological polar surface area (TPSA) is 66.5 Å². The van der Waals surface area contributed by atoms with Crippen molar-refractivity contribution in [1.29, 1.82) is 0 Å². The maximum absolute atomic E-state index is 11.2. The molecule has 0 radical (unpaired) electrons. The summed E-state index contributed by atoms with van der Waals surface area (Å²) in [6, 6.07) is 9.85. The highest BCUT2D eigenvalue weighted by atomic mass is 16.8. The van der Waals surface area contributed by atoms with Gasteiger partial charge in [-0.25, -0.2) is 4.79 Å². The summed E-state index contributed by atoms with van der Waals surface area (Å²) in [7, 11) is 0. The fourth-order valence-corrected chi connectivity index (χ4v) is 2.63. The highest BCUT2D eigenvalue weighted by Gasteiger charge is 2.63. The maximum atomic E-state index is 11.2. The van der Waals surface area contributed by atoms with Gasteiger partial charge in [0.05, 0.1) is 13.2 Å². The van der Waals surface area contributed by atoms with Crippen LogP contribution in [-0.2, 0) is 30.3 Å². The summed E-state index contributed by atoms with van der Waals surface area (Å²) in [6.45, 7) is 0.821. The molecular weight excluding hydrogens is 264 g/mol. The molecule has 0 spiro atoms. The third-order valence-corrected chi connectivity index (χ3v) is 3.66. The summed E-state index contributed by atoms with van der Waals surface area (Å²) in [4.78, 5) is 11.2. The molecule has 6 heteroatoms. The molecule has 0 unspecified atom stereocenters. The molecule has 0 aliphatic carbocycles. The first kappa shape index (κ1) is 12.1. The molecule has 0 bridgehead atoms. The summed E-state index contributed by atoms with van der Waals surface area (Å²) in [5.41, 5.74) is 1.08. The molecule has 106 valence electrons. The molecule has 3 fully saturated rings. The zero-order valence-electron chi connectivity index (χ0n) is 10.6. The monoisotopic (exact) mass is 278 g/mol. The van der Waals surface area contributed by atoms with Crippen LogP contribution in [0.3, 0.4) is 0 Å². The minimum atomic E-state index is -0.659. The molecule has 1 aromatic rings. The van der Waals surface area contributed by atoms with E-state index in [1.807, 2.05) is 30.3 Å². The lowest BCUT2D eigenvalue weighted by Gasteiger charge is -2.27. The van der Waals surface area contributed by atoms with E-state index in [9.17, 15) is 4.79 Å². The van der Waals surface area contributed by atoms with Crippen LogP contribution in [0, 0.1) is 0 Å². The molecule has 0 aromatic heterocycles. The Morgan fingerprint density at radius 1 is 1.00 bits per heavy atom. The van der Waals surface area contributed by atoms with Gasteiger partial charge in [-0.05, 0) is 5.56 Å². The lowest BCUT2D eigenvalue weighted by atomic mass is 10.0. The summed E-state index contributed by atoms with van der Waals surface area (Å²) in [5.74, 6) is 0. The standard InChI is InChI=1S/C14H14O6/c15-14-19-10-9(17-13-12(18-13)11(10)20-14)7-16-6-8-4-2-1-3-5-8/h1-5,9-13H,6-7H2/t9-,10+,11+,12-,13-/m1/s1. The number of rotatable bonds is 4. The normalized spacial score (nSPS) is 37.6. The Bertz CT molecular complexity index is 504. The van der Waals surface area contributed by atoms with E-state index in [0.717, 1.165) is 5.56 Å². The van der Waals surface area contributed by atoms with Crippen LogP contribution in [0.2, 0.25) is 0 Å². The number of epoxide rings is 1. The Balaban J connectivity index is 1.35. The Kier molecular flexibility index (Phi) is 2.87. The van der Waals surface area contributed by atoms with Gasteiger partial charge in [-0.2, -0.15) is 0 Å². The third-order valence-electron chi connectivity index (χ3n) is 3.66. The molecule has 0 N–H and O–H groups in total. The lowest BCUT2D eigenvalue weighted by molar-refractivity contribution is -0.121. The maximum Gasteiger partial charge on any atom is 0.509 e. The average Bonchev–Trinajstić information content (AvgIpc) is 3.13. The van der Waals surface area contributed by atoms with Crippen molar-refractivity contribution < 1.29 is 28.5 Å². The smallest absolute Gasteiger partial charge is 0.424 e. The second-order valence-corrected chi connectivity index (χ2v) is 5.06. The zero-order chi connectivity index (χ0) is 13.5. The van der Waals surface area contributed by atoms with E-state index in [0.29, 0.717) is 13.2 Å². The van der Waals surface area contributed by atoms with Gasteiger partial charge < -0.3 is 23.7 Å². The van der Waals surface area contributed by atoms with Gasteiger partial charge >= 0.3 is 6.16 Å². The lowest BCUT2D eigenvalue weighted by Crippen LogP contribution is -2.47. The number of fused-ring (bicyclic) bond motifs is 3. The van der Waals surface area contributed by atoms with Crippen LogP contribution in [0.5, 0.6) is 0 Å². The van der Waals surface area contributed by atoms with Crippen molar-refractivity contribution in [3.63, 3.8) is 0 Å². The van der Waals surface area contributed by atoms with Crippen LogP contribution < -0.4 is 0 Å². The average molecular weight is 278 g/mol. The van der Waals surface area contributed by atoms with Crippen molar-refractivity contribution in [3.8, 4) is 0 Å². The molecular formula is C14H14O6. The molecule has 4 rings (SSSR count). The van der Waals surface area contributed by atoms with E-state index < -0.39 is 12.3 Å². The number of hydrogen-bond donors (Lipinski definition) is 0. The summed E-state index contributed by atoms with van der Waals surface area (Å²) >= 11 is 0. The van der Waals surface area contributed by atoms with Gasteiger partial charge in [-0.1, -0.05) is 30.3 Å². The van der Waals surface area contributed by atoms with Crippen molar-refractivity contribution in [2.45, 2.75) is 37.3 Å². The molecule has 3 aliphatic rings. The SMILES string of the molecule is O=C1O[C@H]2[C@@H](O1)[C@@H](COCc1ccccc1)O[C@@H]1O[C@@H]12. The minimum absolute atomic E-state index is 0.183. The van der Waals surface area contributed by atoms with Gasteiger partial charge in [0.1, 0.15) is 6.10 Å². The molecule has 6 nitrogen and oxygen atoms in total. The first-order valence-corrected chi connectivity index (χ1v) is 6.61. The number of carbonyl (C=O) groups is 1. The predicted molar refractivity (Wildman–Crippen MR) is 64.8 cm³/mol. The van der Waals surface area contributed by atoms with Gasteiger partial charge in [0, 0.05) is 0 Å². The molecule has 3 saturated heterocycles. The number of ether oxygens (including phenoxy) is 5. The first-order chi connectivity index (χ1) is 9.81. The van der Waals surface area contributed by atoms with Crippen LogP contribution in [0.15, 0.2) is 30.3 Å². The molecule has 0 saturated carbocycles. The number of hydrogen-bond acceptors (Lipinski definition) is 6. The number of benzene rings is 1. The van der Waals surface area contributed by atoms with Crippen LogP contribution >= 0.6 is 0 Å². The molecule has 3 aliphatic heterocycles. The second-order valence-electron chi connectivity index (χ2n) is 5.06. The zero-order valence-corrected chi connectivity index (χ0v) is 10.6. The largest absolute Gasteiger partial charge is 0.509 e. The Hall–Kier alpha value is -1.63. The van der Waals surface area contributed by atoms with Crippen molar-refractivity contribution >= 4 is 6.16 Å². The minimum Gasteiger partial charge on any atom is -0.424 e. The summed E-state index contributed by atoms with van der Waals surface area (Å²) in [5, 5.41) is 0. The Labute approximate surface area is 115 Å². The summed E-state index contributed by atoms with van der Waals surface area (Å²) in [6.07, 6.45) is -2.30. The van der Waals surface area contributed by atoms with E-state index in [2.05, 4.69) is 0 Å². The van der Waals surface area contributed by atoms with E-state index in [4.69, 9.17) is 23.7 Å². The molecule has 3 heterocycles. The van der Waals surface area contributed by atoms with Gasteiger partial charge in [-0.15, -0.1) is 0 Å². The fourth-order valence-electron chi connectivity index (χ4n) is 2.63. The van der Waals surface area contributed by atoms with Gasteiger partial charge in [0.25, 0.3) is 0 Å². The van der Waals surface area contributed by atoms with Gasteiger partial charge in [0.2, 0.25) is 0 Å². The van der Waals surface area contributed by atoms with Gasteiger partial charge in [-0.3, -0.25) is 0 Å². The van der Waals surface area contributed by atoms with Crippen molar-refractivity contribution in [2.24, 2.45) is 0 Å². The molecule has 5 atom stereocenters. The first-order valence-electron chi connectivity index (χ1n) is 6.61. The van der Waals surface area contributed by atoms with E-state index in [-0.39, 0.29) is 24.6 Å². The molecule has 1 aromatic carbocycles. The molecule has 0 amide bonds. The van der Waals surface area contributed by atoms with E-state index in [1.54, 1.807) is 0 Å². The van der Waals surface area contributed by atoms with Crippen LogP contribution in [-0.4, -0.2) is 43.5 Å². The van der Waals surface area contributed by atoms with E-state index in [1.165, 1.54) is 0 Å². The highest BCUT2D eigenvalue weighted by molar-refractivity contribution is 5.63. The highest BCUT2D eigenvalue weighted by Crippen LogP contribution is 2.41. The van der Waals surface area contributed by atoms with Crippen molar-refractivity contribution in [3.05, 3.63) is 35.9 Å². The molecule has 20 heavy (non-hydrogen) atoms. The Morgan fingerprint density at radius 2 is 1.80 bits per heavy atom. The third kappa shape index (κ3) is 2.15. The van der Waals surface area contributed by atoms with Crippen LogP contribution in [0.1, 0.15) is 5.56 Å². The number of carbonyl (C=O) groups excluding carboxylic acids is 1. The second kappa shape index (κ2) is 4.73. The van der Waals surface area contributed by atoms with E-state index >= 15 is 0 Å². The van der Waals surface area contributed by atoms with Crippen molar-refractivity contribution in [1.82, 2.24) is 0 Å². The predicted octanol–water partition coefficient (Wildman–Crippen LogP) is 1.23. The van der Waals surface area contributed by atoms with Crippen molar-refractivity contribution in [2.75, 3.05) is 6.61 Å².